The molecule has 1 aliphatic rings. The van der Waals surface area contributed by atoms with Crippen molar-refractivity contribution < 1.29 is 4.74 Å². The van der Waals surface area contributed by atoms with Gasteiger partial charge in [0.1, 0.15) is 11.6 Å². The van der Waals surface area contributed by atoms with Crippen molar-refractivity contribution in [2.45, 2.75) is 19.5 Å². The molecule has 110 valence electrons. The van der Waals surface area contributed by atoms with E-state index < -0.39 is 0 Å². The van der Waals surface area contributed by atoms with Gasteiger partial charge in [0.05, 0.1) is 6.61 Å². The molecule has 0 saturated heterocycles. The van der Waals surface area contributed by atoms with Crippen molar-refractivity contribution >= 4 is 5.82 Å². The summed E-state index contributed by atoms with van der Waals surface area (Å²) in [5, 5.41) is 3.50. The number of hydrogen-bond donors (Lipinski definition) is 1. The zero-order valence-electron chi connectivity index (χ0n) is 12.6. The molecule has 0 aliphatic carbocycles. The monoisotopic (exact) mass is 283 g/mol. The Morgan fingerprint density at radius 2 is 2.14 bits per heavy atom. The van der Waals surface area contributed by atoms with E-state index in [2.05, 4.69) is 34.6 Å². The van der Waals surface area contributed by atoms with Crippen LogP contribution in [0.1, 0.15) is 16.7 Å². The molecule has 0 spiro atoms. The van der Waals surface area contributed by atoms with Gasteiger partial charge in [-0.1, -0.05) is 18.2 Å². The highest BCUT2D eigenvalue weighted by Gasteiger charge is 2.12. The Bertz CT molecular complexity index is 625. The molecule has 0 atom stereocenters. The predicted octanol–water partition coefficient (Wildman–Crippen LogP) is 2.37. The fourth-order valence-corrected chi connectivity index (χ4v) is 2.66. The molecule has 1 aromatic carbocycles. The molecule has 0 saturated carbocycles. The van der Waals surface area contributed by atoms with Crippen molar-refractivity contribution in [1.29, 1.82) is 0 Å². The zero-order valence-corrected chi connectivity index (χ0v) is 12.6. The third-order valence-corrected chi connectivity index (χ3v) is 3.69. The van der Waals surface area contributed by atoms with Crippen molar-refractivity contribution in [3.63, 3.8) is 0 Å². The van der Waals surface area contributed by atoms with Gasteiger partial charge in [0, 0.05) is 45.4 Å². The Kier molecular flexibility index (Phi) is 4.06. The summed E-state index contributed by atoms with van der Waals surface area (Å²) in [7, 11) is 4.04. The Hall–Kier alpha value is -2.07. The minimum absolute atomic E-state index is 0.814. The lowest BCUT2D eigenvalue weighted by Gasteiger charge is -2.16. The molecule has 2 aromatic rings. The number of pyridine rings is 1. The van der Waals surface area contributed by atoms with E-state index in [1.54, 1.807) is 0 Å². The van der Waals surface area contributed by atoms with E-state index in [1.807, 2.05) is 31.3 Å². The lowest BCUT2D eigenvalue weighted by molar-refractivity contribution is 0.357. The first-order chi connectivity index (χ1) is 10.2. The van der Waals surface area contributed by atoms with Gasteiger partial charge in [-0.25, -0.2) is 4.98 Å². The Morgan fingerprint density at radius 1 is 1.24 bits per heavy atom. The number of ether oxygens (including phenoxy) is 1. The third kappa shape index (κ3) is 3.16. The standard InChI is InChI=1S/C17H21N3O/c1-20(2)17-15(4-3-8-19-17)12-18-11-13-5-6-16-14(10-13)7-9-21-16/h3-6,8,10,18H,7,9,11-12H2,1-2H3. The highest BCUT2D eigenvalue weighted by Crippen LogP contribution is 2.25. The fraction of sp³-hybridized carbons (Fsp3) is 0.353. The fourth-order valence-electron chi connectivity index (χ4n) is 2.66. The van der Waals surface area contributed by atoms with Crippen LogP contribution in [-0.4, -0.2) is 25.7 Å². The summed E-state index contributed by atoms with van der Waals surface area (Å²) in [6.45, 7) is 2.48. The van der Waals surface area contributed by atoms with Gasteiger partial charge in [-0.2, -0.15) is 0 Å². The Labute approximate surface area is 125 Å². The number of aromatic nitrogens is 1. The number of anilines is 1. The van der Waals surface area contributed by atoms with E-state index in [1.165, 1.54) is 16.7 Å². The highest BCUT2D eigenvalue weighted by molar-refractivity contribution is 5.45. The van der Waals surface area contributed by atoms with Crippen molar-refractivity contribution in [2.24, 2.45) is 0 Å². The van der Waals surface area contributed by atoms with E-state index >= 15 is 0 Å². The first-order valence-corrected chi connectivity index (χ1v) is 7.30. The number of nitrogens with zero attached hydrogens (tertiary/aromatic N) is 2. The number of nitrogens with one attached hydrogen (secondary N) is 1. The molecule has 1 aromatic heterocycles. The molecule has 1 N–H and O–H groups in total. The second-order valence-corrected chi connectivity index (χ2v) is 5.52. The number of hydrogen-bond acceptors (Lipinski definition) is 4. The molecule has 0 fully saturated rings. The summed E-state index contributed by atoms with van der Waals surface area (Å²) in [4.78, 5) is 6.47. The van der Waals surface area contributed by atoms with Gasteiger partial charge >= 0.3 is 0 Å². The summed E-state index contributed by atoms with van der Waals surface area (Å²) in [6.07, 6.45) is 2.86. The molecule has 4 heteroatoms. The molecule has 0 radical (unpaired) electrons. The normalized spacial score (nSPS) is 12.9. The van der Waals surface area contributed by atoms with E-state index in [-0.39, 0.29) is 0 Å². The minimum Gasteiger partial charge on any atom is -0.493 e. The number of fused-ring (bicyclic) bond motifs is 1. The molecule has 4 nitrogen and oxygen atoms in total. The lowest BCUT2D eigenvalue weighted by atomic mass is 10.1. The smallest absolute Gasteiger partial charge is 0.132 e. The van der Waals surface area contributed by atoms with E-state index in [9.17, 15) is 0 Å². The molecule has 0 amide bonds. The van der Waals surface area contributed by atoms with Crippen LogP contribution in [0.3, 0.4) is 0 Å². The van der Waals surface area contributed by atoms with Crippen molar-refractivity contribution in [3.05, 3.63) is 53.2 Å². The molecular weight excluding hydrogens is 262 g/mol. The van der Waals surface area contributed by atoms with Gasteiger partial charge in [0.2, 0.25) is 0 Å². The molecule has 1 aliphatic heterocycles. The summed E-state index contributed by atoms with van der Waals surface area (Å²) in [6, 6.07) is 10.6. The first kappa shape index (κ1) is 13.9. The van der Waals surface area contributed by atoms with E-state index in [4.69, 9.17) is 4.74 Å². The summed E-state index contributed by atoms with van der Waals surface area (Å²) >= 11 is 0. The van der Waals surface area contributed by atoms with E-state index in [0.29, 0.717) is 0 Å². The van der Waals surface area contributed by atoms with Gasteiger partial charge in [-0.15, -0.1) is 0 Å². The van der Waals surface area contributed by atoms with Crippen LogP contribution >= 0.6 is 0 Å². The minimum atomic E-state index is 0.814. The SMILES string of the molecule is CN(C)c1ncccc1CNCc1ccc2c(c1)CCO2. The first-order valence-electron chi connectivity index (χ1n) is 7.30. The average molecular weight is 283 g/mol. The molecular formula is C17H21N3O. The molecule has 21 heavy (non-hydrogen) atoms. The zero-order chi connectivity index (χ0) is 14.7. The maximum Gasteiger partial charge on any atom is 0.132 e. The molecule has 3 rings (SSSR count). The second kappa shape index (κ2) is 6.14. The van der Waals surface area contributed by atoms with Crippen molar-refractivity contribution in [2.75, 3.05) is 25.6 Å². The van der Waals surface area contributed by atoms with Crippen LogP contribution in [0.4, 0.5) is 5.82 Å². The van der Waals surface area contributed by atoms with Gasteiger partial charge < -0.3 is 15.0 Å². The van der Waals surface area contributed by atoms with Crippen LogP contribution in [0.15, 0.2) is 36.5 Å². The van der Waals surface area contributed by atoms with Crippen LogP contribution in [0.25, 0.3) is 0 Å². The maximum absolute atomic E-state index is 5.54. The van der Waals surface area contributed by atoms with Gasteiger partial charge in [0.15, 0.2) is 0 Å². The van der Waals surface area contributed by atoms with Gasteiger partial charge in [-0.05, 0) is 23.3 Å². The van der Waals surface area contributed by atoms with Gasteiger partial charge in [-0.3, -0.25) is 0 Å². The summed E-state index contributed by atoms with van der Waals surface area (Å²) < 4.78 is 5.54. The lowest BCUT2D eigenvalue weighted by Crippen LogP contribution is -2.18. The van der Waals surface area contributed by atoms with Crippen LogP contribution in [-0.2, 0) is 19.5 Å². The van der Waals surface area contributed by atoms with Crippen molar-refractivity contribution in [3.8, 4) is 5.75 Å². The maximum atomic E-state index is 5.54. The summed E-state index contributed by atoms with van der Waals surface area (Å²) in [5.41, 5.74) is 3.84. The van der Waals surface area contributed by atoms with Crippen LogP contribution in [0.5, 0.6) is 5.75 Å². The van der Waals surface area contributed by atoms with Crippen LogP contribution in [0.2, 0.25) is 0 Å². The second-order valence-electron chi connectivity index (χ2n) is 5.52. The predicted molar refractivity (Wildman–Crippen MR) is 84.7 cm³/mol. The quantitative estimate of drug-likeness (QED) is 0.914. The van der Waals surface area contributed by atoms with Gasteiger partial charge in [0.25, 0.3) is 0 Å². The topological polar surface area (TPSA) is 37.4 Å². The number of benzene rings is 1. The average Bonchev–Trinajstić information content (AvgIpc) is 2.95. The summed E-state index contributed by atoms with van der Waals surface area (Å²) in [5.74, 6) is 2.06. The van der Waals surface area contributed by atoms with Crippen LogP contribution in [0, 0.1) is 0 Å². The third-order valence-electron chi connectivity index (χ3n) is 3.69. The van der Waals surface area contributed by atoms with E-state index in [0.717, 1.165) is 37.7 Å². The van der Waals surface area contributed by atoms with Crippen LogP contribution < -0.4 is 15.0 Å². The molecule has 0 unspecified atom stereocenters. The largest absolute Gasteiger partial charge is 0.493 e. The molecule has 0 bridgehead atoms. The Morgan fingerprint density at radius 3 is 3.00 bits per heavy atom. The van der Waals surface area contributed by atoms with Crippen molar-refractivity contribution in [1.82, 2.24) is 10.3 Å². The number of rotatable bonds is 5. The highest BCUT2D eigenvalue weighted by atomic mass is 16.5. The Balaban J connectivity index is 1.61. The molecule has 2 heterocycles.